The molecule has 0 aliphatic rings. The molecule has 112 valence electrons. The SMILES string of the molecule is CCC(=O)c1cc(SC(F)(F)F)ccc1OC(F)(F)F. The Morgan fingerprint density at radius 1 is 1.20 bits per heavy atom. The van der Waals surface area contributed by atoms with E-state index in [2.05, 4.69) is 4.74 Å². The van der Waals surface area contributed by atoms with E-state index in [4.69, 9.17) is 0 Å². The third kappa shape index (κ3) is 5.32. The van der Waals surface area contributed by atoms with Crippen molar-refractivity contribution >= 4 is 17.5 Å². The van der Waals surface area contributed by atoms with Crippen molar-refractivity contribution in [1.82, 2.24) is 0 Å². The van der Waals surface area contributed by atoms with Gasteiger partial charge >= 0.3 is 11.9 Å². The van der Waals surface area contributed by atoms with E-state index in [0.29, 0.717) is 6.07 Å². The molecule has 9 heteroatoms. The van der Waals surface area contributed by atoms with Gasteiger partial charge < -0.3 is 4.74 Å². The standard InChI is InChI=1S/C11H8F6O2S/c1-2-8(18)7-5-6(20-11(15,16)17)3-4-9(7)19-10(12,13)14/h3-5H,2H2,1H3. The molecule has 1 aromatic rings. The van der Waals surface area contributed by atoms with Crippen LogP contribution in [-0.4, -0.2) is 17.7 Å². The number of benzene rings is 1. The van der Waals surface area contributed by atoms with Crippen molar-refractivity contribution in [2.75, 3.05) is 0 Å². The van der Waals surface area contributed by atoms with Gasteiger partial charge in [-0.2, -0.15) is 13.2 Å². The highest BCUT2D eigenvalue weighted by atomic mass is 32.2. The first-order valence-corrected chi connectivity index (χ1v) is 6.02. The Morgan fingerprint density at radius 2 is 1.80 bits per heavy atom. The van der Waals surface area contributed by atoms with Crippen LogP contribution < -0.4 is 4.74 Å². The van der Waals surface area contributed by atoms with Gasteiger partial charge in [0.1, 0.15) is 5.75 Å². The van der Waals surface area contributed by atoms with Crippen molar-refractivity contribution in [3.8, 4) is 5.75 Å². The predicted octanol–water partition coefficient (Wildman–Crippen LogP) is 4.79. The number of rotatable bonds is 4. The third-order valence-corrected chi connectivity index (χ3v) is 2.75. The van der Waals surface area contributed by atoms with Gasteiger partial charge in [-0.1, -0.05) is 6.92 Å². The lowest BCUT2D eigenvalue weighted by molar-refractivity contribution is -0.274. The van der Waals surface area contributed by atoms with Gasteiger partial charge in [0.05, 0.1) is 5.56 Å². The number of alkyl halides is 6. The van der Waals surface area contributed by atoms with Gasteiger partial charge in [-0.25, -0.2) is 0 Å². The van der Waals surface area contributed by atoms with Crippen molar-refractivity contribution in [2.24, 2.45) is 0 Å². The molecule has 0 unspecified atom stereocenters. The average molecular weight is 318 g/mol. The largest absolute Gasteiger partial charge is 0.573 e. The smallest absolute Gasteiger partial charge is 0.405 e. The summed E-state index contributed by atoms with van der Waals surface area (Å²) >= 11 is -0.520. The summed E-state index contributed by atoms with van der Waals surface area (Å²) in [6, 6.07) is 2.25. The van der Waals surface area contributed by atoms with Crippen LogP contribution in [0.15, 0.2) is 23.1 Å². The molecule has 0 atom stereocenters. The second-order valence-electron chi connectivity index (χ2n) is 3.53. The van der Waals surface area contributed by atoms with Crippen LogP contribution in [0.25, 0.3) is 0 Å². The lowest BCUT2D eigenvalue weighted by atomic mass is 10.1. The second kappa shape index (κ2) is 5.94. The number of thioether (sulfide) groups is 1. The molecule has 0 aliphatic heterocycles. The summed E-state index contributed by atoms with van der Waals surface area (Å²) in [5.41, 5.74) is -5.13. The maximum absolute atomic E-state index is 12.2. The highest BCUT2D eigenvalue weighted by Gasteiger charge is 2.34. The van der Waals surface area contributed by atoms with E-state index >= 15 is 0 Å². The molecular formula is C11H8F6O2S. The zero-order chi connectivity index (χ0) is 15.6. The molecule has 1 aromatic carbocycles. The molecule has 1 rings (SSSR count). The number of carbonyl (C=O) groups is 1. The highest BCUT2D eigenvalue weighted by Crippen LogP contribution is 2.39. The lowest BCUT2D eigenvalue weighted by Crippen LogP contribution is -2.19. The van der Waals surface area contributed by atoms with Crippen LogP contribution in [0, 0.1) is 0 Å². The molecule has 0 radical (unpaired) electrons. The number of halogens is 6. The molecule has 0 spiro atoms. The number of ether oxygens (including phenoxy) is 1. The Labute approximate surface area is 114 Å². The normalized spacial score (nSPS) is 12.3. The van der Waals surface area contributed by atoms with Crippen molar-refractivity contribution in [3.05, 3.63) is 23.8 Å². The van der Waals surface area contributed by atoms with Crippen molar-refractivity contribution in [1.29, 1.82) is 0 Å². The number of hydrogen-bond acceptors (Lipinski definition) is 3. The first-order chi connectivity index (χ1) is 9.02. The molecule has 0 saturated carbocycles. The zero-order valence-corrected chi connectivity index (χ0v) is 10.7. The monoisotopic (exact) mass is 318 g/mol. The van der Waals surface area contributed by atoms with Gasteiger partial charge in [0, 0.05) is 11.3 Å². The summed E-state index contributed by atoms with van der Waals surface area (Å²) in [6.07, 6.45) is -5.18. The van der Waals surface area contributed by atoms with Gasteiger partial charge in [0.15, 0.2) is 5.78 Å². The van der Waals surface area contributed by atoms with Gasteiger partial charge in [-0.05, 0) is 30.0 Å². The Balaban J connectivity index is 3.17. The van der Waals surface area contributed by atoms with E-state index in [1.165, 1.54) is 6.92 Å². The van der Waals surface area contributed by atoms with Crippen LogP contribution in [0.3, 0.4) is 0 Å². The fourth-order valence-electron chi connectivity index (χ4n) is 1.33. The maximum Gasteiger partial charge on any atom is 0.573 e. The number of hydrogen-bond donors (Lipinski definition) is 0. The van der Waals surface area contributed by atoms with Crippen LogP contribution in [0.4, 0.5) is 26.3 Å². The van der Waals surface area contributed by atoms with E-state index in [1.54, 1.807) is 0 Å². The summed E-state index contributed by atoms with van der Waals surface area (Å²) in [5.74, 6) is -1.55. The van der Waals surface area contributed by atoms with Crippen LogP contribution in [0.2, 0.25) is 0 Å². The molecule has 0 heterocycles. The van der Waals surface area contributed by atoms with E-state index in [1.807, 2.05) is 0 Å². The van der Waals surface area contributed by atoms with Crippen molar-refractivity contribution in [3.63, 3.8) is 0 Å². The first kappa shape index (κ1) is 16.7. The second-order valence-corrected chi connectivity index (χ2v) is 4.67. The fraction of sp³-hybridized carbons (Fsp3) is 0.364. The van der Waals surface area contributed by atoms with Gasteiger partial charge in [0.2, 0.25) is 0 Å². The molecule has 0 fully saturated rings. The fourth-order valence-corrected chi connectivity index (χ4v) is 1.91. The van der Waals surface area contributed by atoms with E-state index in [-0.39, 0.29) is 11.3 Å². The van der Waals surface area contributed by atoms with E-state index < -0.39 is 40.7 Å². The van der Waals surface area contributed by atoms with Gasteiger partial charge in [0.25, 0.3) is 0 Å². The van der Waals surface area contributed by atoms with Crippen LogP contribution >= 0.6 is 11.8 Å². The summed E-state index contributed by atoms with van der Waals surface area (Å²) in [5, 5.41) is 0. The number of Topliss-reactive ketones (excluding diaryl/α,β-unsaturated/α-hetero) is 1. The van der Waals surface area contributed by atoms with Crippen LogP contribution in [-0.2, 0) is 0 Å². The maximum atomic E-state index is 12.2. The van der Waals surface area contributed by atoms with E-state index in [9.17, 15) is 31.1 Å². The Kier molecular flexibility index (Phi) is 4.95. The van der Waals surface area contributed by atoms with Crippen molar-refractivity contribution < 1.29 is 35.9 Å². The van der Waals surface area contributed by atoms with Crippen molar-refractivity contribution in [2.45, 2.75) is 30.1 Å². The summed E-state index contributed by atoms with van der Waals surface area (Å²) in [4.78, 5) is 11.1. The number of carbonyl (C=O) groups excluding carboxylic acids is 1. The van der Waals surface area contributed by atoms with Gasteiger partial charge in [-0.3, -0.25) is 4.79 Å². The molecule has 0 N–H and O–H groups in total. The topological polar surface area (TPSA) is 26.3 Å². The molecule has 0 saturated heterocycles. The minimum absolute atomic E-state index is 0.158. The minimum Gasteiger partial charge on any atom is -0.405 e. The predicted molar refractivity (Wildman–Crippen MR) is 59.7 cm³/mol. The number of ketones is 1. The molecule has 0 amide bonds. The van der Waals surface area contributed by atoms with Gasteiger partial charge in [-0.15, -0.1) is 13.2 Å². The molecule has 0 bridgehead atoms. The Morgan fingerprint density at radius 3 is 2.25 bits per heavy atom. The zero-order valence-electron chi connectivity index (χ0n) is 9.93. The first-order valence-electron chi connectivity index (χ1n) is 5.20. The Hall–Kier alpha value is -1.38. The van der Waals surface area contributed by atoms with E-state index in [0.717, 1.165) is 12.1 Å². The third-order valence-electron chi connectivity index (χ3n) is 2.03. The Bertz CT molecular complexity index is 495. The molecule has 20 heavy (non-hydrogen) atoms. The summed E-state index contributed by atoms with van der Waals surface area (Å²) in [6.45, 7) is 1.38. The van der Waals surface area contributed by atoms with Crippen LogP contribution in [0.5, 0.6) is 5.75 Å². The minimum atomic E-state index is -5.03. The lowest BCUT2D eigenvalue weighted by Gasteiger charge is -2.14. The molecule has 2 nitrogen and oxygen atoms in total. The molecule has 0 aromatic heterocycles. The average Bonchev–Trinajstić information content (AvgIpc) is 2.26. The molecular weight excluding hydrogens is 310 g/mol. The highest BCUT2D eigenvalue weighted by molar-refractivity contribution is 8.00. The quantitative estimate of drug-likeness (QED) is 0.453. The molecule has 0 aliphatic carbocycles. The van der Waals surface area contributed by atoms with Crippen LogP contribution in [0.1, 0.15) is 23.7 Å². The summed E-state index contributed by atoms with van der Waals surface area (Å²) in [7, 11) is 0. The summed E-state index contributed by atoms with van der Waals surface area (Å²) < 4.78 is 76.6.